The van der Waals surface area contributed by atoms with E-state index in [4.69, 9.17) is 9.97 Å². The summed E-state index contributed by atoms with van der Waals surface area (Å²) in [5, 5.41) is 5.03. The van der Waals surface area contributed by atoms with Crippen molar-refractivity contribution in [3.63, 3.8) is 0 Å². The van der Waals surface area contributed by atoms with E-state index >= 15 is 0 Å². The fourth-order valence-electron chi connectivity index (χ4n) is 10.1. The van der Waals surface area contributed by atoms with E-state index in [0.29, 0.717) is 5.82 Å². The minimum absolute atomic E-state index is 0.687. The van der Waals surface area contributed by atoms with Gasteiger partial charge in [0.05, 0.1) is 16.7 Å². The van der Waals surface area contributed by atoms with Gasteiger partial charge in [-0.25, -0.2) is 9.97 Å². The molecule has 3 heterocycles. The van der Waals surface area contributed by atoms with E-state index in [1.54, 1.807) is 0 Å². The van der Waals surface area contributed by atoms with Crippen molar-refractivity contribution in [1.29, 1.82) is 0 Å². The Morgan fingerprint density at radius 1 is 0.431 bits per heavy atom. The molecule has 0 unspecified atom stereocenters. The number of hydrogen-bond acceptors (Lipinski definition) is 3. The van der Waals surface area contributed by atoms with E-state index in [2.05, 4.69) is 223 Å². The molecule has 0 N–H and O–H groups in total. The Labute approximate surface area is 380 Å². The lowest BCUT2D eigenvalue weighted by Gasteiger charge is -2.26. The summed E-state index contributed by atoms with van der Waals surface area (Å²) in [5.41, 5.74) is 17.6. The van der Waals surface area contributed by atoms with Crippen molar-refractivity contribution in [2.24, 2.45) is 0 Å². The van der Waals surface area contributed by atoms with Crippen LogP contribution >= 0.6 is 11.3 Å². The minimum atomic E-state index is 0.687. The highest BCUT2D eigenvalue weighted by Gasteiger charge is 2.26. The van der Waals surface area contributed by atoms with Gasteiger partial charge in [0.25, 0.3) is 0 Å². The van der Waals surface area contributed by atoms with E-state index < -0.39 is 0 Å². The molecule has 0 saturated heterocycles. The Morgan fingerprint density at radius 2 is 1.06 bits per heavy atom. The molecule has 0 radical (unpaired) electrons. The van der Waals surface area contributed by atoms with Gasteiger partial charge in [-0.2, -0.15) is 0 Å². The van der Waals surface area contributed by atoms with Crippen LogP contribution in [0.3, 0.4) is 0 Å². The van der Waals surface area contributed by atoms with Crippen LogP contribution in [0.25, 0.3) is 115 Å². The van der Waals surface area contributed by atoms with Crippen LogP contribution in [-0.4, -0.2) is 14.5 Å². The number of para-hydroxylation sites is 1. The summed E-state index contributed by atoms with van der Waals surface area (Å²) in [6.07, 6.45) is 3.29. The van der Waals surface area contributed by atoms with Crippen LogP contribution < -0.4 is 0 Å². The number of hydrogen-bond donors (Lipinski definition) is 0. The Morgan fingerprint density at radius 3 is 1.92 bits per heavy atom. The van der Waals surface area contributed by atoms with E-state index in [0.717, 1.165) is 40.1 Å². The SMILES string of the molecule is C(=C1\Cc2ccccc2-c2c1cccc2-c1cccc2c1c1ccccc1n2-c1cc(-c2ccc(-c3ccccc3)cc2)nc(-c2ccccc2)n1)/c1ccc2sc3ccccc3c2c1. The normalized spacial score (nSPS) is 12.9. The van der Waals surface area contributed by atoms with Gasteiger partial charge in [-0.1, -0.05) is 188 Å². The highest BCUT2D eigenvalue weighted by molar-refractivity contribution is 7.25. The van der Waals surface area contributed by atoms with Crippen molar-refractivity contribution in [2.45, 2.75) is 6.42 Å². The predicted octanol–water partition coefficient (Wildman–Crippen LogP) is 16.4. The summed E-state index contributed by atoms with van der Waals surface area (Å²) in [5.74, 6) is 1.51. The van der Waals surface area contributed by atoms with Crippen molar-refractivity contribution < 1.29 is 0 Å². The van der Waals surface area contributed by atoms with Gasteiger partial charge in [0.2, 0.25) is 0 Å². The summed E-state index contributed by atoms with van der Waals surface area (Å²) >= 11 is 1.87. The van der Waals surface area contributed by atoms with Gasteiger partial charge in [0.15, 0.2) is 5.82 Å². The average molecular weight is 846 g/mol. The lowest BCUT2D eigenvalue weighted by Crippen LogP contribution is -2.05. The Balaban J connectivity index is 1.00. The summed E-state index contributed by atoms with van der Waals surface area (Å²) in [7, 11) is 0. The standard InChI is InChI=1S/C61H39N3S/c1-3-15-40(16-4-1)41-30-32-42(33-31-41)53-38-58(63-61(62-53)43-17-5-2-6-18-43)64-54-26-11-9-22-51(54)60-50(25-14-27-55(60)64)49-24-13-23-47-45(37-44-19-7-8-20-46(44)59(47)49)35-39-29-34-57-52(36-39)48-21-10-12-28-56(48)65-57/h1-36,38H,37H2/b45-35-. The molecule has 3 nitrogen and oxygen atoms in total. The fraction of sp³-hybridized carbons (Fsp3) is 0.0164. The second kappa shape index (κ2) is 15.3. The first-order valence-corrected chi connectivity index (χ1v) is 23.0. The summed E-state index contributed by atoms with van der Waals surface area (Å²) in [4.78, 5) is 10.6. The number of fused-ring (bicyclic) bond motifs is 9. The molecule has 1 aliphatic rings. The molecule has 9 aromatic carbocycles. The third kappa shape index (κ3) is 6.33. The van der Waals surface area contributed by atoms with Gasteiger partial charge in [-0.05, 0) is 92.4 Å². The molecule has 0 bridgehead atoms. The van der Waals surface area contributed by atoms with Crippen LogP contribution in [0.1, 0.15) is 16.7 Å². The van der Waals surface area contributed by atoms with E-state index in [9.17, 15) is 0 Å². The third-order valence-electron chi connectivity index (χ3n) is 13.1. The molecule has 0 aliphatic heterocycles. The number of allylic oxidation sites excluding steroid dienone is 1. The Hall–Kier alpha value is -8.18. The minimum Gasteiger partial charge on any atom is -0.294 e. The number of thiophene rings is 1. The first kappa shape index (κ1) is 37.4. The molecule has 0 atom stereocenters. The zero-order valence-electron chi connectivity index (χ0n) is 35.3. The Kier molecular flexibility index (Phi) is 8.78. The third-order valence-corrected chi connectivity index (χ3v) is 14.2. The summed E-state index contributed by atoms with van der Waals surface area (Å²) < 4.78 is 4.99. The number of rotatable bonds is 6. The topological polar surface area (TPSA) is 30.7 Å². The molecule has 304 valence electrons. The molecule has 4 heteroatoms. The van der Waals surface area contributed by atoms with Gasteiger partial charge in [0.1, 0.15) is 5.82 Å². The molecular formula is C61H39N3S. The number of benzene rings is 9. The molecule has 3 aromatic heterocycles. The molecular weight excluding hydrogens is 807 g/mol. The number of nitrogens with zero attached hydrogens (tertiary/aromatic N) is 3. The Bertz CT molecular complexity index is 3840. The molecule has 1 aliphatic carbocycles. The first-order valence-electron chi connectivity index (χ1n) is 22.2. The maximum Gasteiger partial charge on any atom is 0.162 e. The van der Waals surface area contributed by atoms with Gasteiger partial charge in [-0.15, -0.1) is 11.3 Å². The maximum absolute atomic E-state index is 5.37. The molecule has 0 amide bonds. The van der Waals surface area contributed by atoms with Crippen LogP contribution in [0.15, 0.2) is 218 Å². The molecule has 12 aromatic rings. The molecule has 0 spiro atoms. The van der Waals surface area contributed by atoms with Crippen LogP contribution in [0.4, 0.5) is 0 Å². The van der Waals surface area contributed by atoms with Crippen molar-refractivity contribution in [1.82, 2.24) is 14.5 Å². The maximum atomic E-state index is 5.37. The fourth-order valence-corrected chi connectivity index (χ4v) is 11.2. The largest absolute Gasteiger partial charge is 0.294 e. The highest BCUT2D eigenvalue weighted by Crippen LogP contribution is 2.48. The molecule has 65 heavy (non-hydrogen) atoms. The van der Waals surface area contributed by atoms with E-state index in [1.165, 1.54) is 86.6 Å². The highest BCUT2D eigenvalue weighted by atomic mass is 32.1. The summed E-state index contributed by atoms with van der Waals surface area (Å²) in [6, 6.07) is 78.8. The van der Waals surface area contributed by atoms with Crippen molar-refractivity contribution in [3.05, 3.63) is 235 Å². The lowest BCUT2D eigenvalue weighted by molar-refractivity contribution is 1.05. The zero-order valence-corrected chi connectivity index (χ0v) is 36.1. The van der Waals surface area contributed by atoms with Crippen molar-refractivity contribution in [2.75, 3.05) is 0 Å². The van der Waals surface area contributed by atoms with Crippen LogP contribution in [0, 0.1) is 0 Å². The van der Waals surface area contributed by atoms with E-state index in [1.807, 2.05) is 17.4 Å². The molecule has 0 fully saturated rings. The van der Waals surface area contributed by atoms with Crippen LogP contribution in [0.5, 0.6) is 0 Å². The second-order valence-corrected chi connectivity index (χ2v) is 18.0. The quantitative estimate of drug-likeness (QED) is 0.167. The van der Waals surface area contributed by atoms with Gasteiger partial charge in [0, 0.05) is 48.1 Å². The molecule has 13 rings (SSSR count). The van der Waals surface area contributed by atoms with E-state index in [-0.39, 0.29) is 0 Å². The summed E-state index contributed by atoms with van der Waals surface area (Å²) in [6.45, 7) is 0. The average Bonchev–Trinajstić information content (AvgIpc) is 3.92. The lowest BCUT2D eigenvalue weighted by atomic mass is 9.78. The predicted molar refractivity (Wildman–Crippen MR) is 274 cm³/mol. The second-order valence-electron chi connectivity index (χ2n) is 16.9. The zero-order chi connectivity index (χ0) is 42.8. The van der Waals surface area contributed by atoms with Gasteiger partial charge >= 0.3 is 0 Å². The smallest absolute Gasteiger partial charge is 0.162 e. The van der Waals surface area contributed by atoms with Crippen molar-refractivity contribution in [3.8, 4) is 61.8 Å². The number of aromatic nitrogens is 3. The van der Waals surface area contributed by atoms with Crippen LogP contribution in [-0.2, 0) is 6.42 Å². The van der Waals surface area contributed by atoms with Crippen LogP contribution in [0.2, 0.25) is 0 Å². The van der Waals surface area contributed by atoms with Gasteiger partial charge in [-0.3, -0.25) is 4.57 Å². The van der Waals surface area contributed by atoms with Crippen molar-refractivity contribution >= 4 is 65.0 Å². The monoisotopic (exact) mass is 845 g/mol. The first-order chi connectivity index (χ1) is 32.2. The van der Waals surface area contributed by atoms with Gasteiger partial charge < -0.3 is 0 Å². The molecule has 0 saturated carbocycles.